The van der Waals surface area contributed by atoms with Gasteiger partial charge in [0.25, 0.3) is 0 Å². The summed E-state index contributed by atoms with van der Waals surface area (Å²) in [5.74, 6) is 6.49. The fourth-order valence-electron chi connectivity index (χ4n) is 10.7. The van der Waals surface area contributed by atoms with Crippen LogP contribution in [-0.4, -0.2) is 107 Å². The van der Waals surface area contributed by atoms with Gasteiger partial charge in [-0.3, -0.25) is 0 Å². The summed E-state index contributed by atoms with van der Waals surface area (Å²) in [4.78, 5) is 0. The van der Waals surface area contributed by atoms with E-state index in [0.29, 0.717) is 25.6 Å². The smallest absolute Gasteiger partial charge is 0.192 e. The minimum Gasteiger partial charge on any atom is -0.413 e. The molecule has 4 heterocycles. The van der Waals surface area contributed by atoms with Crippen molar-refractivity contribution in [2.24, 2.45) is 11.8 Å². The summed E-state index contributed by atoms with van der Waals surface area (Å²) < 4.78 is 35.0. The maximum Gasteiger partial charge on any atom is 0.192 e. The molecule has 0 amide bonds. The van der Waals surface area contributed by atoms with Gasteiger partial charge in [-0.2, -0.15) is 0 Å². The second kappa shape index (κ2) is 27.3. The lowest BCUT2D eigenvalue weighted by Crippen LogP contribution is -2.54. The molecule has 0 unspecified atom stereocenters. The highest BCUT2D eigenvalue weighted by Crippen LogP contribution is 2.61. The van der Waals surface area contributed by atoms with E-state index in [1.165, 1.54) is 47.8 Å². The van der Waals surface area contributed by atoms with Crippen molar-refractivity contribution in [2.75, 3.05) is 41.1 Å². The normalized spacial score (nSPS) is 24.7. The van der Waals surface area contributed by atoms with Gasteiger partial charge in [-0.15, -0.1) is 77.2 Å². The van der Waals surface area contributed by atoms with Crippen LogP contribution in [0.1, 0.15) is 144 Å². The van der Waals surface area contributed by atoms with Crippen molar-refractivity contribution in [3.63, 3.8) is 0 Å². The number of hydrogen-bond donors (Lipinski definition) is 1. The molecule has 0 saturated carbocycles. The minimum atomic E-state index is -2.27. The molecule has 0 bridgehead atoms. The number of aliphatic hydroxyl groups is 1. The second-order valence-corrected chi connectivity index (χ2v) is 43.7. The van der Waals surface area contributed by atoms with E-state index in [1.807, 2.05) is 19.9 Å². The summed E-state index contributed by atoms with van der Waals surface area (Å²) in [7, 11) is -4.42. The van der Waals surface area contributed by atoms with Crippen LogP contribution in [-0.2, 0) is 33.7 Å². The Hall–Kier alpha value is 0.474. The van der Waals surface area contributed by atoms with Crippen molar-refractivity contribution in [1.29, 1.82) is 0 Å². The predicted molar refractivity (Wildman–Crippen MR) is 332 cm³/mol. The topological polar surface area (TPSA) is 66.4 Å². The minimum absolute atomic E-state index is 0.0211. The summed E-state index contributed by atoms with van der Waals surface area (Å²) in [5, 5.41) is 12.6. The van der Waals surface area contributed by atoms with E-state index in [2.05, 4.69) is 212 Å². The van der Waals surface area contributed by atoms with Gasteiger partial charge in [-0.05, 0) is 160 Å². The van der Waals surface area contributed by atoms with Crippen LogP contribution in [0.4, 0.5) is 0 Å². The Balaban J connectivity index is 1.22. The number of ether oxygens (including phenoxy) is 3. The Morgan fingerprint density at radius 3 is 1.75 bits per heavy atom. The first-order valence-electron chi connectivity index (χ1n) is 27.9. The number of hydrogen-bond acceptors (Lipinski definition) is 12. The molecule has 0 aliphatic carbocycles. The van der Waals surface area contributed by atoms with E-state index in [4.69, 9.17) is 23.1 Å². The molecule has 4 aliphatic heterocycles. The van der Waals surface area contributed by atoms with Gasteiger partial charge in [0.2, 0.25) is 0 Å². The molecule has 0 aromatic heterocycles. The summed E-state index contributed by atoms with van der Waals surface area (Å²) in [5.41, 5.74) is 2.62. The summed E-state index contributed by atoms with van der Waals surface area (Å²) in [6.45, 7) is 36.0. The maximum absolute atomic E-state index is 12.5. The van der Waals surface area contributed by atoms with E-state index < -0.39 is 28.5 Å². The molecule has 73 heavy (non-hydrogen) atoms. The predicted octanol–water partition coefficient (Wildman–Crippen LogP) is 17.3. The standard InChI is InChI=1S/C59H98O6S6Si2/c1-15-49(51-39-48(62-56(9,10)63-51)44-61-43-45-27-19-17-20-28-45)52(64-72(11,12)54(3,4)5)41-58(68-35-25-36-69-58)40-47(60)31-23-32-57(66-33-24-34-67-57)42-53(65-73(13,14)55(6,7)8)50(16-2)59(70-37-26-38-71-59)46-29-21-18-22-30-46/h15,17-22,27-30,47-53,60H,1,16,23-26,31-44H2,2-14H3/t47-,48+,49-,50-,51-,52-,53+/m0/s1. The average Bonchev–Trinajstić information content (AvgIpc) is 3.32. The molecule has 7 atom stereocenters. The monoisotopic (exact) mass is 1150 g/mol. The SMILES string of the molecule is C=C[C@@H]([C@@H]1C[C@H](COCc2ccccc2)OC(C)(C)O1)[C@H](CC1(C[C@@H](O)CCCC2(C[C@@H](O[Si](C)(C)C(C)(C)C)[C@H](CC)C3(c4ccccc4)SCCCS3)SCCCS2)SCCCS1)O[Si](C)(C)C(C)(C)C. The summed E-state index contributed by atoms with van der Waals surface area (Å²) in [6, 6.07) is 21.8. The highest BCUT2D eigenvalue weighted by atomic mass is 32.2. The molecular formula is C59H98O6S6Si2. The molecular weight excluding hydrogens is 1050 g/mol. The largest absolute Gasteiger partial charge is 0.413 e. The molecule has 0 spiro atoms. The van der Waals surface area contributed by atoms with Gasteiger partial charge < -0.3 is 28.2 Å². The average molecular weight is 1150 g/mol. The summed E-state index contributed by atoms with van der Waals surface area (Å²) >= 11 is 13.0. The van der Waals surface area contributed by atoms with Gasteiger partial charge in [0, 0.05) is 18.3 Å². The first kappa shape index (κ1) is 62.7. The third kappa shape index (κ3) is 17.2. The van der Waals surface area contributed by atoms with Crippen LogP contribution >= 0.6 is 70.6 Å². The number of thioether (sulfide) groups is 6. The number of aliphatic hydroxyl groups excluding tert-OH is 1. The van der Waals surface area contributed by atoms with Crippen molar-refractivity contribution in [2.45, 2.75) is 224 Å². The highest BCUT2D eigenvalue weighted by molar-refractivity contribution is 8.19. The lowest BCUT2D eigenvalue weighted by molar-refractivity contribution is -0.314. The molecule has 6 rings (SSSR count). The number of rotatable bonds is 25. The molecule has 4 saturated heterocycles. The van der Waals surface area contributed by atoms with Crippen molar-refractivity contribution in [1.82, 2.24) is 0 Å². The van der Waals surface area contributed by atoms with Gasteiger partial charge in [0.15, 0.2) is 22.4 Å². The van der Waals surface area contributed by atoms with Gasteiger partial charge >= 0.3 is 0 Å². The quantitative estimate of drug-likeness (QED) is 0.0761. The molecule has 0 radical (unpaired) electrons. The van der Waals surface area contributed by atoms with Crippen molar-refractivity contribution < 1.29 is 28.2 Å². The Morgan fingerprint density at radius 2 is 1.22 bits per heavy atom. The number of benzene rings is 2. The lowest BCUT2D eigenvalue weighted by atomic mass is 9.87. The van der Waals surface area contributed by atoms with Crippen LogP contribution < -0.4 is 0 Å². The Morgan fingerprint density at radius 1 is 0.712 bits per heavy atom. The zero-order chi connectivity index (χ0) is 53.2. The molecule has 4 aliphatic rings. The Kier molecular flexibility index (Phi) is 23.4. The van der Waals surface area contributed by atoms with E-state index in [1.54, 1.807) is 0 Å². The second-order valence-electron chi connectivity index (χ2n) is 24.9. The fourth-order valence-corrected chi connectivity index (χ4v) is 24.3. The maximum atomic E-state index is 12.5. The third-order valence-electron chi connectivity index (χ3n) is 16.6. The lowest BCUT2D eigenvalue weighted by Gasteiger charge is -2.51. The van der Waals surface area contributed by atoms with E-state index in [9.17, 15) is 5.11 Å². The molecule has 4 fully saturated rings. The van der Waals surface area contributed by atoms with E-state index >= 15 is 0 Å². The Labute approximate surface area is 473 Å². The van der Waals surface area contributed by atoms with Gasteiger partial charge in [0.05, 0.1) is 56.0 Å². The molecule has 14 heteroatoms. The zero-order valence-corrected chi connectivity index (χ0v) is 54.4. The van der Waals surface area contributed by atoms with Gasteiger partial charge in [-0.25, -0.2) is 0 Å². The first-order chi connectivity index (χ1) is 34.4. The molecule has 1 N–H and O–H groups in total. The molecule has 2 aromatic carbocycles. The van der Waals surface area contributed by atoms with Crippen LogP contribution in [0.25, 0.3) is 0 Å². The zero-order valence-electron chi connectivity index (χ0n) is 47.5. The summed E-state index contributed by atoms with van der Waals surface area (Å²) in [6.07, 6.45) is 12.5. The fraction of sp³-hybridized carbons (Fsp3) is 0.763. The molecule has 2 aromatic rings. The van der Waals surface area contributed by atoms with Crippen molar-refractivity contribution in [3.8, 4) is 0 Å². The van der Waals surface area contributed by atoms with Gasteiger partial charge in [0.1, 0.15) is 0 Å². The third-order valence-corrected chi connectivity index (χ3v) is 36.1. The Bertz CT molecular complexity index is 1950. The van der Waals surface area contributed by atoms with Crippen LogP contribution in [0.15, 0.2) is 73.3 Å². The van der Waals surface area contributed by atoms with E-state index in [0.717, 1.165) is 62.0 Å². The van der Waals surface area contributed by atoms with Crippen molar-refractivity contribution >= 4 is 87.2 Å². The highest BCUT2D eigenvalue weighted by Gasteiger charge is 2.53. The molecule has 414 valence electrons. The van der Waals surface area contributed by atoms with Crippen LogP contribution in [0, 0.1) is 11.8 Å². The van der Waals surface area contributed by atoms with Crippen LogP contribution in [0.3, 0.4) is 0 Å². The van der Waals surface area contributed by atoms with Crippen molar-refractivity contribution in [3.05, 3.63) is 84.4 Å². The van der Waals surface area contributed by atoms with Crippen LogP contribution in [0.2, 0.25) is 36.3 Å². The van der Waals surface area contributed by atoms with Crippen LogP contribution in [0.5, 0.6) is 0 Å². The van der Waals surface area contributed by atoms with E-state index in [-0.39, 0.29) is 52.6 Å². The molecule has 6 nitrogen and oxygen atoms in total. The van der Waals surface area contributed by atoms with Gasteiger partial charge in [-0.1, -0.05) is 115 Å². The first-order valence-corrected chi connectivity index (χ1v) is 39.6.